The number of carboxylic acids is 1. The number of hydrogen-bond acceptors (Lipinski definition) is 14. The Balaban J connectivity index is 1.92. The fourth-order valence-corrected chi connectivity index (χ4v) is 7.44. The number of carbonyl (C=O) groups is 8. The third kappa shape index (κ3) is 17.6. The summed E-state index contributed by atoms with van der Waals surface area (Å²) in [5, 5.41) is 38.3. The van der Waals surface area contributed by atoms with Crippen LogP contribution in [0.15, 0.2) is 41.8 Å². The number of nitrogens with one attached hydrogen (secondary N) is 8. The third-order valence-corrected chi connectivity index (χ3v) is 11.4. The molecule has 2 heterocycles. The van der Waals surface area contributed by atoms with E-state index in [0.717, 1.165) is 0 Å². The van der Waals surface area contributed by atoms with E-state index < -0.39 is 108 Å². The van der Waals surface area contributed by atoms with Crippen molar-refractivity contribution in [2.45, 2.75) is 121 Å². The van der Waals surface area contributed by atoms with Gasteiger partial charge in [-0.3, -0.25) is 38.6 Å². The van der Waals surface area contributed by atoms with Gasteiger partial charge in [-0.05, 0) is 70.2 Å². The number of likely N-dealkylation sites (N-methyl/N-ethyl adjacent to an activating group) is 1. The summed E-state index contributed by atoms with van der Waals surface area (Å²) in [6, 6.07) is -3.24. The molecule has 1 aliphatic heterocycles. The molecule has 25 nitrogen and oxygen atoms in total. The number of aromatic nitrogens is 2. The number of ether oxygens (including phenoxy) is 2. The summed E-state index contributed by atoms with van der Waals surface area (Å²) in [6.07, 6.45) is 1.62. The molecule has 69 heavy (non-hydrogen) atoms. The van der Waals surface area contributed by atoms with Crippen molar-refractivity contribution in [3.8, 4) is 5.75 Å². The smallest absolute Gasteiger partial charge is 0.328 e. The number of carboxylic acid groups (broad SMARTS) is 1. The van der Waals surface area contributed by atoms with Gasteiger partial charge in [-0.2, -0.15) is 0 Å². The lowest BCUT2D eigenvalue weighted by molar-refractivity contribution is -0.147. The van der Waals surface area contributed by atoms with Crippen molar-refractivity contribution in [2.24, 2.45) is 22.4 Å². The Bertz CT molecular complexity index is 2070. The molecule has 0 radical (unpaired) electrons. The van der Waals surface area contributed by atoms with E-state index in [0.29, 0.717) is 24.1 Å². The Morgan fingerprint density at radius 1 is 0.812 bits per heavy atom. The van der Waals surface area contributed by atoms with Crippen LogP contribution in [0.2, 0.25) is 0 Å². The number of hydrogen-bond donors (Lipinski definition) is 12. The maximum atomic E-state index is 14.4. The van der Waals surface area contributed by atoms with E-state index in [-0.39, 0.29) is 57.0 Å². The second-order valence-electron chi connectivity index (χ2n) is 17.0. The fraction of sp³-hybridized carbons (Fsp3) is 0.591. The van der Waals surface area contributed by atoms with E-state index in [4.69, 9.17) is 20.9 Å². The van der Waals surface area contributed by atoms with Crippen molar-refractivity contribution in [1.29, 1.82) is 0 Å². The Morgan fingerprint density at radius 3 is 2.00 bits per heavy atom. The Hall–Kier alpha value is -6.86. The molecule has 0 unspecified atom stereocenters. The lowest BCUT2D eigenvalue weighted by Crippen LogP contribution is -2.63. The van der Waals surface area contributed by atoms with Crippen LogP contribution in [0, 0.1) is 5.92 Å². The minimum atomic E-state index is -1.50. The van der Waals surface area contributed by atoms with Gasteiger partial charge in [0.1, 0.15) is 42.0 Å². The van der Waals surface area contributed by atoms with Crippen molar-refractivity contribution >= 4 is 53.3 Å². The van der Waals surface area contributed by atoms with Gasteiger partial charge >= 0.3 is 5.97 Å². The summed E-state index contributed by atoms with van der Waals surface area (Å²) in [4.78, 5) is 121. The molecule has 0 aliphatic carbocycles. The van der Waals surface area contributed by atoms with Crippen molar-refractivity contribution < 1.29 is 58.0 Å². The van der Waals surface area contributed by atoms with E-state index in [2.05, 4.69) is 52.2 Å². The van der Waals surface area contributed by atoms with Crippen LogP contribution in [0.5, 0.6) is 5.75 Å². The average molecular weight is 972 g/mol. The van der Waals surface area contributed by atoms with E-state index >= 15 is 0 Å². The lowest BCUT2D eigenvalue weighted by Gasteiger charge is -2.32. The van der Waals surface area contributed by atoms with Crippen LogP contribution in [-0.4, -0.2) is 174 Å². The molecule has 1 saturated heterocycles. The van der Waals surface area contributed by atoms with Gasteiger partial charge in [-0.1, -0.05) is 26.0 Å². The fourth-order valence-electron chi connectivity index (χ4n) is 7.44. The number of nitrogens with zero attached hydrogens (tertiary/aromatic N) is 3. The van der Waals surface area contributed by atoms with Crippen LogP contribution in [0.3, 0.4) is 0 Å². The number of phenolic OH excluding ortho intramolecular Hbond substituents is 1. The molecule has 1 aromatic heterocycles. The standard InChI is InChI=1S/C44H69N13O12/c1-23(2)34(54-37(60)29(51-33(59)21-47-5)10-8-16-49-44(45)46)40(63)52-30(18-26-12-14-28(58)15-13-26)38(61)55-35(24(3)68-6)41(64)53-31(19-27-20-48-22-50-27)42(65)57-17-9-11-32(57)39(62)56-36(43(66)67)25(4)69-7/h12-15,20,22-25,29-32,34-36,47,58H,8-11,16-19,21H2,1-7H3,(H,48,50)(H,51,59)(H,52,63)(H,53,64)(H,54,60)(H,55,61)(H,56,62)(H,66,67)(H4,45,46,49)/t24-,25-,29+,30+,31+,32+,34+,35+,36+/m1/s1. The first-order chi connectivity index (χ1) is 32.7. The van der Waals surface area contributed by atoms with Gasteiger partial charge in [0.15, 0.2) is 12.0 Å². The van der Waals surface area contributed by atoms with Crippen LogP contribution in [0.1, 0.15) is 64.6 Å². The number of aromatic hydroxyl groups is 1. The van der Waals surface area contributed by atoms with E-state index in [9.17, 15) is 48.6 Å². The zero-order chi connectivity index (χ0) is 51.4. The molecule has 0 bridgehead atoms. The van der Waals surface area contributed by atoms with E-state index in [1.807, 2.05) is 0 Å². The van der Waals surface area contributed by atoms with Gasteiger partial charge in [-0.25, -0.2) is 9.78 Å². The molecular formula is C44H69N13O12. The number of H-pyrrole nitrogens is 1. The highest BCUT2D eigenvalue weighted by atomic mass is 16.5. The van der Waals surface area contributed by atoms with Gasteiger partial charge in [0.2, 0.25) is 41.4 Å². The molecule has 7 amide bonds. The van der Waals surface area contributed by atoms with E-state index in [1.165, 1.54) is 69.8 Å². The molecule has 25 heteroatoms. The van der Waals surface area contributed by atoms with Crippen molar-refractivity contribution in [3.63, 3.8) is 0 Å². The zero-order valence-electron chi connectivity index (χ0n) is 40.1. The first-order valence-corrected chi connectivity index (χ1v) is 22.6. The molecule has 9 atom stereocenters. The quantitative estimate of drug-likeness (QED) is 0.0228. The Labute approximate surface area is 400 Å². The number of carbonyl (C=O) groups excluding carboxylic acids is 7. The van der Waals surface area contributed by atoms with Gasteiger partial charge in [0.25, 0.3) is 0 Å². The highest BCUT2D eigenvalue weighted by molar-refractivity contribution is 5.98. The number of aliphatic carboxylic acids is 1. The third-order valence-electron chi connectivity index (χ3n) is 11.4. The molecule has 382 valence electrons. The SMILES string of the molecule is CNCC(=O)N[C@@H](CCCN=C(N)N)C(=O)N[C@H](C(=O)N[C@@H](Cc1ccc(O)cc1)C(=O)N[C@H](C(=O)N[C@@H](Cc1cnc[nH]1)C(=O)N1CCC[C@H]1C(=O)N[C@H](C(=O)O)[C@@H](C)OC)[C@@H](C)OC)C(C)C. The van der Waals surface area contributed by atoms with Crippen LogP contribution >= 0.6 is 0 Å². The van der Waals surface area contributed by atoms with Crippen molar-refractivity contribution in [2.75, 3.05) is 40.9 Å². The summed E-state index contributed by atoms with van der Waals surface area (Å²) in [6.45, 7) is 6.49. The number of rotatable bonds is 28. The summed E-state index contributed by atoms with van der Waals surface area (Å²) in [5.74, 6) is -7.17. The molecule has 1 fully saturated rings. The maximum Gasteiger partial charge on any atom is 0.328 e. The zero-order valence-corrected chi connectivity index (χ0v) is 40.1. The molecule has 1 aromatic carbocycles. The van der Waals surface area contributed by atoms with Crippen LogP contribution < -0.4 is 48.7 Å². The number of likely N-dealkylation sites (tertiary alicyclic amines) is 1. The van der Waals surface area contributed by atoms with Crippen LogP contribution in [0.25, 0.3) is 0 Å². The highest BCUT2D eigenvalue weighted by Crippen LogP contribution is 2.21. The topological polar surface area (TPSA) is 376 Å². The largest absolute Gasteiger partial charge is 0.508 e. The summed E-state index contributed by atoms with van der Waals surface area (Å²) in [5.41, 5.74) is 11.8. The average Bonchev–Trinajstić information content (AvgIpc) is 4.02. The number of aliphatic imine (C=N–C) groups is 1. The van der Waals surface area contributed by atoms with Crippen LogP contribution in [0.4, 0.5) is 0 Å². The normalized spacial score (nSPS) is 16.9. The molecule has 14 N–H and O–H groups in total. The monoisotopic (exact) mass is 972 g/mol. The first kappa shape index (κ1) is 56.5. The maximum absolute atomic E-state index is 14.4. The molecule has 2 aromatic rings. The number of aromatic amines is 1. The van der Waals surface area contributed by atoms with Gasteiger partial charge in [0.05, 0.1) is 25.1 Å². The minimum absolute atomic E-state index is 0.0584. The van der Waals surface area contributed by atoms with Gasteiger partial charge in [-0.15, -0.1) is 0 Å². The van der Waals surface area contributed by atoms with Gasteiger partial charge in [0, 0.05) is 52.0 Å². The second-order valence-corrected chi connectivity index (χ2v) is 17.0. The number of imidazole rings is 1. The molecule has 1 aliphatic rings. The summed E-state index contributed by atoms with van der Waals surface area (Å²) < 4.78 is 10.7. The molecule has 0 saturated carbocycles. The minimum Gasteiger partial charge on any atom is -0.508 e. The number of benzene rings is 1. The van der Waals surface area contributed by atoms with Crippen molar-refractivity contribution in [3.05, 3.63) is 48.0 Å². The molecular weight excluding hydrogens is 903 g/mol. The first-order valence-electron chi connectivity index (χ1n) is 22.6. The number of methoxy groups -OCH3 is 2. The Kier molecular flexibility index (Phi) is 22.8. The predicted octanol–water partition coefficient (Wildman–Crippen LogP) is -3.12. The number of amides is 7. The lowest BCUT2D eigenvalue weighted by atomic mass is 9.99. The predicted molar refractivity (Wildman–Crippen MR) is 250 cm³/mol. The van der Waals surface area contributed by atoms with Crippen LogP contribution in [-0.2, 0) is 60.7 Å². The number of guanidine groups is 1. The second kappa shape index (κ2) is 27.8. The Morgan fingerprint density at radius 2 is 1.42 bits per heavy atom. The van der Waals surface area contributed by atoms with Gasteiger partial charge < -0.3 is 78.3 Å². The summed E-state index contributed by atoms with van der Waals surface area (Å²) in [7, 11) is 4.16. The van der Waals surface area contributed by atoms with Crippen molar-refractivity contribution in [1.82, 2.24) is 52.1 Å². The summed E-state index contributed by atoms with van der Waals surface area (Å²) >= 11 is 0. The molecule has 0 spiro atoms. The van der Waals surface area contributed by atoms with E-state index in [1.54, 1.807) is 20.9 Å². The highest BCUT2D eigenvalue weighted by Gasteiger charge is 2.41. The number of nitrogens with two attached hydrogens (primary N) is 2. The number of phenols is 1. The molecule has 3 rings (SSSR count).